The molecule has 18 heavy (non-hydrogen) atoms. The molecule has 0 amide bonds. The van der Waals surface area contributed by atoms with E-state index in [1.807, 2.05) is 31.2 Å². The topological polar surface area (TPSA) is 104 Å². The maximum atomic E-state index is 6.36. The van der Waals surface area contributed by atoms with E-state index >= 15 is 0 Å². The second-order valence-electron chi connectivity index (χ2n) is 5.09. The van der Waals surface area contributed by atoms with Gasteiger partial charge in [-0.2, -0.15) is 0 Å². The van der Waals surface area contributed by atoms with Gasteiger partial charge in [-0.15, -0.1) is 0 Å². The molecule has 0 saturated heterocycles. The summed E-state index contributed by atoms with van der Waals surface area (Å²) in [5, 5.41) is 0. The highest BCUT2D eigenvalue weighted by Gasteiger charge is 2.27. The molecule has 0 heterocycles. The van der Waals surface area contributed by atoms with Crippen LogP contribution in [-0.2, 0) is 6.42 Å². The fourth-order valence-corrected chi connectivity index (χ4v) is 2.20. The minimum atomic E-state index is -0.464. The Morgan fingerprint density at radius 1 is 1.22 bits per heavy atom. The number of rotatable bonds is 2. The highest BCUT2D eigenvalue weighted by atomic mass is 14.8. The van der Waals surface area contributed by atoms with Crippen molar-refractivity contribution in [2.75, 3.05) is 11.5 Å². The fraction of sp³-hybridized carbons (Fsp3) is 0.286. The van der Waals surface area contributed by atoms with Crippen molar-refractivity contribution in [3.8, 4) is 0 Å². The zero-order chi connectivity index (χ0) is 13.3. The molecular formula is C14H20N4. The molecule has 0 fully saturated rings. The summed E-state index contributed by atoms with van der Waals surface area (Å²) < 4.78 is 0. The van der Waals surface area contributed by atoms with Crippen molar-refractivity contribution in [1.29, 1.82) is 0 Å². The van der Waals surface area contributed by atoms with Gasteiger partial charge < -0.3 is 22.9 Å². The van der Waals surface area contributed by atoms with Gasteiger partial charge in [-0.1, -0.05) is 18.2 Å². The van der Waals surface area contributed by atoms with Crippen molar-refractivity contribution >= 4 is 11.4 Å². The summed E-state index contributed by atoms with van der Waals surface area (Å²) in [5.74, 6) is 0. The van der Waals surface area contributed by atoms with Gasteiger partial charge in [0.25, 0.3) is 0 Å². The number of nitrogens with two attached hydrogens (primary N) is 4. The zero-order valence-corrected chi connectivity index (χ0v) is 10.6. The lowest BCUT2D eigenvalue weighted by Crippen LogP contribution is -2.43. The van der Waals surface area contributed by atoms with Crippen molar-refractivity contribution in [3.63, 3.8) is 0 Å². The summed E-state index contributed by atoms with van der Waals surface area (Å²) >= 11 is 0. The molecule has 1 aliphatic rings. The number of benzene rings is 1. The molecule has 1 atom stereocenters. The Kier molecular flexibility index (Phi) is 3.05. The Labute approximate surface area is 107 Å². The predicted molar refractivity (Wildman–Crippen MR) is 76.5 cm³/mol. The number of anilines is 2. The van der Waals surface area contributed by atoms with Crippen LogP contribution in [0.3, 0.4) is 0 Å². The SMILES string of the molecule is CC1=C(N)CC(N)(Cc2ccc(N)cc2N)C=C1. The number of nitrogen functional groups attached to an aromatic ring is 2. The first-order valence-corrected chi connectivity index (χ1v) is 5.97. The second kappa shape index (κ2) is 4.38. The molecule has 1 unspecified atom stereocenters. The van der Waals surface area contributed by atoms with E-state index in [0.29, 0.717) is 24.2 Å². The van der Waals surface area contributed by atoms with Gasteiger partial charge >= 0.3 is 0 Å². The lowest BCUT2D eigenvalue weighted by atomic mass is 9.82. The molecular weight excluding hydrogens is 224 g/mol. The van der Waals surface area contributed by atoms with Gasteiger partial charge in [0.2, 0.25) is 0 Å². The van der Waals surface area contributed by atoms with E-state index in [1.165, 1.54) is 0 Å². The van der Waals surface area contributed by atoms with E-state index in [4.69, 9.17) is 22.9 Å². The molecule has 0 radical (unpaired) electrons. The zero-order valence-electron chi connectivity index (χ0n) is 10.6. The quantitative estimate of drug-likeness (QED) is 0.588. The van der Waals surface area contributed by atoms with Crippen LogP contribution in [0.2, 0.25) is 0 Å². The Balaban J connectivity index is 2.22. The van der Waals surface area contributed by atoms with E-state index in [2.05, 4.69) is 0 Å². The first kappa shape index (κ1) is 12.5. The van der Waals surface area contributed by atoms with Crippen molar-refractivity contribution < 1.29 is 0 Å². The summed E-state index contributed by atoms with van der Waals surface area (Å²) in [6.45, 7) is 1.99. The van der Waals surface area contributed by atoms with Crippen LogP contribution in [0, 0.1) is 0 Å². The van der Waals surface area contributed by atoms with Gasteiger partial charge in [-0.3, -0.25) is 0 Å². The average Bonchev–Trinajstić information content (AvgIpc) is 2.28. The lowest BCUT2D eigenvalue weighted by Gasteiger charge is -2.30. The predicted octanol–water partition coefficient (Wildman–Crippen LogP) is 1.28. The highest BCUT2D eigenvalue weighted by molar-refractivity contribution is 5.57. The molecule has 4 heteroatoms. The second-order valence-corrected chi connectivity index (χ2v) is 5.09. The third-order valence-electron chi connectivity index (χ3n) is 3.38. The minimum absolute atomic E-state index is 0.464. The van der Waals surface area contributed by atoms with Crippen molar-refractivity contribution in [2.45, 2.75) is 25.3 Å². The summed E-state index contributed by atoms with van der Waals surface area (Å²) in [4.78, 5) is 0. The van der Waals surface area contributed by atoms with Crippen LogP contribution in [-0.4, -0.2) is 5.54 Å². The van der Waals surface area contributed by atoms with E-state index in [1.54, 1.807) is 6.07 Å². The molecule has 4 nitrogen and oxygen atoms in total. The van der Waals surface area contributed by atoms with Gasteiger partial charge in [-0.05, 0) is 36.6 Å². The summed E-state index contributed by atoms with van der Waals surface area (Å²) in [7, 11) is 0. The van der Waals surface area contributed by atoms with E-state index in [9.17, 15) is 0 Å². The van der Waals surface area contributed by atoms with Gasteiger partial charge in [0.05, 0.1) is 0 Å². The Morgan fingerprint density at radius 2 is 1.94 bits per heavy atom. The van der Waals surface area contributed by atoms with Crippen molar-refractivity contribution in [3.05, 3.63) is 47.2 Å². The maximum Gasteiger partial charge on any atom is 0.0439 e. The molecule has 0 saturated carbocycles. The monoisotopic (exact) mass is 244 g/mol. The number of hydrogen-bond donors (Lipinski definition) is 4. The smallest absolute Gasteiger partial charge is 0.0439 e. The molecule has 8 N–H and O–H groups in total. The Hall–Kier alpha value is -1.94. The lowest BCUT2D eigenvalue weighted by molar-refractivity contribution is 0.509. The molecule has 1 aromatic rings. The van der Waals surface area contributed by atoms with Gasteiger partial charge in [0, 0.05) is 29.0 Å². The van der Waals surface area contributed by atoms with Crippen LogP contribution >= 0.6 is 0 Å². The van der Waals surface area contributed by atoms with Crippen LogP contribution in [0.15, 0.2) is 41.6 Å². The van der Waals surface area contributed by atoms with Crippen LogP contribution in [0.1, 0.15) is 18.9 Å². The molecule has 0 bridgehead atoms. The summed E-state index contributed by atoms with van der Waals surface area (Å²) in [6, 6.07) is 5.52. The number of allylic oxidation sites excluding steroid dienone is 2. The van der Waals surface area contributed by atoms with Crippen molar-refractivity contribution in [1.82, 2.24) is 0 Å². The summed E-state index contributed by atoms with van der Waals surface area (Å²) in [6.07, 6.45) is 5.30. The van der Waals surface area contributed by atoms with Gasteiger partial charge in [0.1, 0.15) is 0 Å². The van der Waals surface area contributed by atoms with Crippen LogP contribution < -0.4 is 22.9 Å². The molecule has 0 aliphatic heterocycles. The molecule has 2 rings (SSSR count). The number of hydrogen-bond acceptors (Lipinski definition) is 4. The molecule has 0 spiro atoms. The van der Waals surface area contributed by atoms with Crippen LogP contribution in [0.4, 0.5) is 11.4 Å². The first-order valence-electron chi connectivity index (χ1n) is 5.97. The molecule has 1 aliphatic carbocycles. The molecule has 0 aromatic heterocycles. The third kappa shape index (κ3) is 2.49. The standard InChI is InChI=1S/C14H20N4/c1-9-4-5-14(18,8-13(9)17)7-10-2-3-11(15)6-12(10)16/h2-6H,7-8,15-18H2,1H3. The van der Waals surface area contributed by atoms with Crippen LogP contribution in [0.25, 0.3) is 0 Å². The van der Waals surface area contributed by atoms with E-state index < -0.39 is 5.54 Å². The third-order valence-corrected chi connectivity index (χ3v) is 3.38. The van der Waals surface area contributed by atoms with Gasteiger partial charge in [0.15, 0.2) is 0 Å². The molecule has 1 aromatic carbocycles. The van der Waals surface area contributed by atoms with Crippen LogP contribution in [0.5, 0.6) is 0 Å². The first-order chi connectivity index (χ1) is 8.39. The van der Waals surface area contributed by atoms with E-state index in [0.717, 1.165) is 16.8 Å². The molecule has 96 valence electrons. The summed E-state index contributed by atoms with van der Waals surface area (Å²) in [5.41, 5.74) is 27.8. The normalized spacial score (nSPS) is 23.4. The minimum Gasteiger partial charge on any atom is -0.402 e. The van der Waals surface area contributed by atoms with Crippen molar-refractivity contribution in [2.24, 2.45) is 11.5 Å². The largest absolute Gasteiger partial charge is 0.402 e. The maximum absolute atomic E-state index is 6.36. The fourth-order valence-electron chi connectivity index (χ4n) is 2.20. The average molecular weight is 244 g/mol. The van der Waals surface area contributed by atoms with E-state index in [-0.39, 0.29) is 0 Å². The van der Waals surface area contributed by atoms with Gasteiger partial charge in [-0.25, -0.2) is 0 Å². The Bertz CT molecular complexity index is 531. The Morgan fingerprint density at radius 3 is 2.56 bits per heavy atom. The highest BCUT2D eigenvalue weighted by Crippen LogP contribution is 2.28.